The molecule has 0 aliphatic heterocycles. The van der Waals surface area contributed by atoms with Gasteiger partial charge in [-0.3, -0.25) is 14.4 Å². The second-order valence-corrected chi connectivity index (χ2v) is 7.91. The number of hydrazone groups is 1. The summed E-state index contributed by atoms with van der Waals surface area (Å²) in [5.74, 6) is -2.41. The van der Waals surface area contributed by atoms with Crippen LogP contribution in [0.3, 0.4) is 0 Å². The fraction of sp³-hybridized carbons (Fsp3) is 0.185. The molecule has 3 amide bonds. The molecule has 0 fully saturated rings. The largest absolute Gasteiger partial charge is 0.490 e. The quantitative estimate of drug-likeness (QED) is 0.231. The van der Waals surface area contributed by atoms with Crippen LogP contribution in [0.1, 0.15) is 23.6 Å². The Balaban J connectivity index is 1.56. The van der Waals surface area contributed by atoms with Gasteiger partial charge in [-0.05, 0) is 79.9 Å². The van der Waals surface area contributed by atoms with E-state index >= 15 is 0 Å². The lowest BCUT2D eigenvalue weighted by atomic mass is 10.1. The Labute approximate surface area is 213 Å². The predicted molar refractivity (Wildman–Crippen MR) is 138 cm³/mol. The molecule has 37 heavy (non-hydrogen) atoms. The molecule has 3 N–H and O–H groups in total. The summed E-state index contributed by atoms with van der Waals surface area (Å²) in [5, 5.41) is 8.71. The zero-order valence-electron chi connectivity index (χ0n) is 20.6. The number of carbonyl (C=O) groups excluding carboxylic acids is 3. The third-order valence-electron chi connectivity index (χ3n) is 5.13. The highest BCUT2D eigenvalue weighted by Crippen LogP contribution is 2.28. The first-order valence-electron chi connectivity index (χ1n) is 11.4. The van der Waals surface area contributed by atoms with Crippen molar-refractivity contribution in [2.24, 2.45) is 5.10 Å². The molecule has 0 bridgehead atoms. The van der Waals surface area contributed by atoms with Crippen molar-refractivity contribution in [2.75, 3.05) is 23.8 Å². The minimum absolute atomic E-state index is 0.119. The zero-order valence-corrected chi connectivity index (χ0v) is 20.6. The van der Waals surface area contributed by atoms with Crippen molar-refractivity contribution in [1.29, 1.82) is 0 Å². The van der Waals surface area contributed by atoms with Crippen LogP contribution >= 0.6 is 0 Å². The Morgan fingerprint density at radius 2 is 1.68 bits per heavy atom. The van der Waals surface area contributed by atoms with Crippen molar-refractivity contribution in [1.82, 2.24) is 5.43 Å². The van der Waals surface area contributed by atoms with Crippen LogP contribution in [0.4, 0.5) is 15.8 Å². The molecular weight excluding hydrogens is 479 g/mol. The number of rotatable bonds is 9. The summed E-state index contributed by atoms with van der Waals surface area (Å²) >= 11 is 0. The standard InChI is InChI=1S/C27H27FN4O5/c1-4-36-24-14-19(15-29-32-27(35)26(34)31-22-8-6-5-7-21(22)28)10-12-23(24)37-16-25(33)30-20-11-9-17(2)18(3)13-20/h5-15H,4,16H2,1-3H3,(H,30,33)(H,31,34)(H,32,35)/b29-15-. The number of halogens is 1. The minimum atomic E-state index is -1.07. The maximum Gasteiger partial charge on any atom is 0.329 e. The second kappa shape index (κ2) is 12.8. The maximum atomic E-state index is 13.6. The second-order valence-electron chi connectivity index (χ2n) is 7.91. The molecule has 3 aromatic rings. The molecule has 0 radical (unpaired) electrons. The number of para-hydroxylation sites is 1. The van der Waals surface area contributed by atoms with E-state index in [0.717, 1.165) is 17.2 Å². The van der Waals surface area contributed by atoms with E-state index in [-0.39, 0.29) is 18.2 Å². The van der Waals surface area contributed by atoms with E-state index < -0.39 is 17.6 Å². The molecule has 0 aromatic heterocycles. The topological polar surface area (TPSA) is 118 Å². The molecule has 0 unspecified atom stereocenters. The van der Waals surface area contributed by atoms with E-state index in [1.807, 2.05) is 32.0 Å². The number of aryl methyl sites for hydroxylation is 2. The third-order valence-corrected chi connectivity index (χ3v) is 5.13. The first-order valence-corrected chi connectivity index (χ1v) is 11.4. The van der Waals surface area contributed by atoms with Crippen LogP contribution in [-0.2, 0) is 14.4 Å². The minimum Gasteiger partial charge on any atom is -0.490 e. The predicted octanol–water partition coefficient (Wildman–Crippen LogP) is 3.95. The number of nitrogens with one attached hydrogen (secondary N) is 3. The number of hydrogen-bond acceptors (Lipinski definition) is 6. The van der Waals surface area contributed by atoms with Crippen molar-refractivity contribution in [3.63, 3.8) is 0 Å². The summed E-state index contributed by atoms with van der Waals surface area (Å²) < 4.78 is 24.9. The fourth-order valence-corrected chi connectivity index (χ4v) is 3.11. The highest BCUT2D eigenvalue weighted by molar-refractivity contribution is 6.39. The number of benzene rings is 3. The Bertz CT molecular complexity index is 1330. The molecule has 0 spiro atoms. The zero-order chi connectivity index (χ0) is 26.8. The van der Waals surface area contributed by atoms with Gasteiger partial charge in [0, 0.05) is 5.69 Å². The molecule has 3 rings (SSSR count). The normalized spacial score (nSPS) is 10.6. The highest BCUT2D eigenvalue weighted by atomic mass is 19.1. The number of amides is 3. The molecule has 9 nitrogen and oxygen atoms in total. The van der Waals surface area contributed by atoms with Gasteiger partial charge >= 0.3 is 11.8 Å². The lowest BCUT2D eigenvalue weighted by molar-refractivity contribution is -0.136. The molecule has 0 heterocycles. The molecule has 0 aliphatic rings. The maximum absolute atomic E-state index is 13.6. The summed E-state index contributed by atoms with van der Waals surface area (Å²) in [6, 6.07) is 15.9. The summed E-state index contributed by atoms with van der Waals surface area (Å²) in [7, 11) is 0. The summed E-state index contributed by atoms with van der Waals surface area (Å²) in [6.07, 6.45) is 1.30. The van der Waals surface area contributed by atoms with Gasteiger partial charge in [0.05, 0.1) is 18.5 Å². The van der Waals surface area contributed by atoms with Gasteiger partial charge in [0.15, 0.2) is 18.1 Å². The number of hydrogen-bond donors (Lipinski definition) is 3. The van der Waals surface area contributed by atoms with Crippen molar-refractivity contribution < 1.29 is 28.2 Å². The lowest BCUT2D eigenvalue weighted by Crippen LogP contribution is -2.32. The lowest BCUT2D eigenvalue weighted by Gasteiger charge is -2.13. The molecule has 3 aromatic carbocycles. The summed E-state index contributed by atoms with van der Waals surface area (Å²) in [6.45, 7) is 5.87. The van der Waals surface area contributed by atoms with Crippen LogP contribution in [0, 0.1) is 19.7 Å². The van der Waals surface area contributed by atoms with Crippen LogP contribution in [-0.4, -0.2) is 37.1 Å². The molecule has 0 aliphatic carbocycles. The summed E-state index contributed by atoms with van der Waals surface area (Å²) in [4.78, 5) is 36.2. The van der Waals surface area contributed by atoms with E-state index in [2.05, 4.69) is 21.2 Å². The van der Waals surface area contributed by atoms with Crippen molar-refractivity contribution in [3.05, 3.63) is 83.2 Å². The van der Waals surface area contributed by atoms with Gasteiger partial charge in [0.1, 0.15) is 5.82 Å². The average molecular weight is 507 g/mol. The Morgan fingerprint density at radius 1 is 0.892 bits per heavy atom. The van der Waals surface area contributed by atoms with E-state index in [9.17, 15) is 18.8 Å². The average Bonchev–Trinajstić information content (AvgIpc) is 2.87. The van der Waals surface area contributed by atoms with E-state index in [0.29, 0.717) is 29.4 Å². The van der Waals surface area contributed by atoms with E-state index in [4.69, 9.17) is 9.47 Å². The van der Waals surface area contributed by atoms with Crippen LogP contribution in [0.2, 0.25) is 0 Å². The van der Waals surface area contributed by atoms with Crippen LogP contribution in [0.5, 0.6) is 11.5 Å². The van der Waals surface area contributed by atoms with E-state index in [1.165, 1.54) is 24.4 Å². The Hall–Kier alpha value is -4.73. The van der Waals surface area contributed by atoms with Gasteiger partial charge in [-0.25, -0.2) is 9.82 Å². The van der Waals surface area contributed by atoms with Crippen molar-refractivity contribution in [3.8, 4) is 11.5 Å². The molecule has 0 saturated carbocycles. The van der Waals surface area contributed by atoms with E-state index in [1.54, 1.807) is 25.1 Å². The number of anilines is 2. The number of carbonyl (C=O) groups is 3. The van der Waals surface area contributed by atoms with Gasteiger partial charge < -0.3 is 20.1 Å². The third kappa shape index (κ3) is 7.89. The monoisotopic (exact) mass is 506 g/mol. The molecule has 192 valence electrons. The fourth-order valence-electron chi connectivity index (χ4n) is 3.11. The molecule has 0 saturated heterocycles. The van der Waals surface area contributed by atoms with Gasteiger partial charge in [0.25, 0.3) is 5.91 Å². The van der Waals surface area contributed by atoms with Gasteiger partial charge in [-0.15, -0.1) is 0 Å². The first-order chi connectivity index (χ1) is 17.8. The summed E-state index contributed by atoms with van der Waals surface area (Å²) in [5.41, 5.74) is 5.37. The Kier molecular flexibility index (Phi) is 9.31. The first kappa shape index (κ1) is 26.9. The van der Waals surface area contributed by atoms with Crippen molar-refractivity contribution in [2.45, 2.75) is 20.8 Å². The SMILES string of the molecule is CCOc1cc(/C=N\NC(=O)C(=O)Nc2ccccc2F)ccc1OCC(=O)Nc1ccc(C)c(C)c1. The molecule has 0 atom stereocenters. The highest BCUT2D eigenvalue weighted by Gasteiger charge is 2.15. The molecule has 10 heteroatoms. The van der Waals surface area contributed by atoms with Crippen LogP contribution < -0.4 is 25.5 Å². The smallest absolute Gasteiger partial charge is 0.329 e. The molecular formula is C27H27FN4O5. The van der Waals surface area contributed by atoms with Crippen molar-refractivity contribution >= 4 is 35.3 Å². The van der Waals surface area contributed by atoms with Gasteiger partial charge in [-0.1, -0.05) is 18.2 Å². The number of ether oxygens (including phenoxy) is 2. The Morgan fingerprint density at radius 3 is 2.41 bits per heavy atom. The number of nitrogens with zero attached hydrogens (tertiary/aromatic N) is 1. The van der Waals surface area contributed by atoms with Gasteiger partial charge in [0.2, 0.25) is 0 Å². The van der Waals surface area contributed by atoms with Gasteiger partial charge in [-0.2, -0.15) is 5.10 Å². The van der Waals surface area contributed by atoms with Crippen LogP contribution in [0.25, 0.3) is 0 Å². The van der Waals surface area contributed by atoms with Crippen LogP contribution in [0.15, 0.2) is 65.8 Å².